The van der Waals surface area contributed by atoms with Gasteiger partial charge in [-0.15, -0.1) is 0 Å². The molecule has 1 aromatic carbocycles. The number of anilines is 1. The zero-order chi connectivity index (χ0) is 16.1. The summed E-state index contributed by atoms with van der Waals surface area (Å²) >= 11 is 1.79. The van der Waals surface area contributed by atoms with Crippen molar-refractivity contribution < 1.29 is 4.79 Å². The summed E-state index contributed by atoms with van der Waals surface area (Å²) in [6.07, 6.45) is 7.18. The van der Waals surface area contributed by atoms with Gasteiger partial charge in [-0.1, -0.05) is 12.1 Å². The van der Waals surface area contributed by atoms with E-state index in [1.807, 2.05) is 29.1 Å². The van der Waals surface area contributed by atoms with Crippen LogP contribution in [0.5, 0.6) is 0 Å². The Morgan fingerprint density at radius 1 is 1.35 bits per heavy atom. The minimum absolute atomic E-state index is 0.0142. The maximum Gasteiger partial charge on any atom is 0.252 e. The van der Waals surface area contributed by atoms with E-state index < -0.39 is 5.54 Å². The van der Waals surface area contributed by atoms with Crippen LogP contribution in [0.3, 0.4) is 0 Å². The van der Waals surface area contributed by atoms with Gasteiger partial charge in [0.25, 0.3) is 5.91 Å². The van der Waals surface area contributed by atoms with Crippen LogP contribution in [0, 0.1) is 0 Å². The summed E-state index contributed by atoms with van der Waals surface area (Å²) in [5.74, 6) is 0.997. The van der Waals surface area contributed by atoms with Crippen LogP contribution in [-0.4, -0.2) is 35.0 Å². The first kappa shape index (κ1) is 16.1. The molecule has 1 aliphatic heterocycles. The Hall–Kier alpha value is -1.79. The summed E-state index contributed by atoms with van der Waals surface area (Å²) in [4.78, 5) is 13.0. The van der Waals surface area contributed by atoms with E-state index in [0.29, 0.717) is 0 Å². The molecule has 1 aromatic heterocycles. The number of amides is 1. The minimum Gasteiger partial charge on any atom is -0.324 e. The number of carbonyl (C=O) groups excluding carboxylic acids is 1. The van der Waals surface area contributed by atoms with Crippen molar-refractivity contribution in [3.8, 4) is 0 Å². The molecule has 1 aliphatic rings. The van der Waals surface area contributed by atoms with E-state index in [9.17, 15) is 4.79 Å². The number of hydrogen-bond acceptors (Lipinski definition) is 4. The van der Waals surface area contributed by atoms with Gasteiger partial charge in [-0.2, -0.15) is 16.9 Å². The van der Waals surface area contributed by atoms with Gasteiger partial charge in [0.2, 0.25) is 0 Å². The zero-order valence-electron chi connectivity index (χ0n) is 13.3. The van der Waals surface area contributed by atoms with Crippen LogP contribution in [0.25, 0.3) is 0 Å². The molecule has 0 radical (unpaired) electrons. The van der Waals surface area contributed by atoms with Crippen LogP contribution in [0.2, 0.25) is 0 Å². The standard InChI is InChI=1S/C17H22N4OS/c1-23-13-14-3-5-15(6-4-14)20-16(22)17(7-10-18-11-8-17)21-12-2-9-19-21/h2-6,9,12,18H,7-8,10-11,13H2,1H3,(H,20,22). The topological polar surface area (TPSA) is 59.0 Å². The van der Waals surface area contributed by atoms with Crippen molar-refractivity contribution in [1.29, 1.82) is 0 Å². The van der Waals surface area contributed by atoms with Gasteiger partial charge in [-0.3, -0.25) is 9.48 Å². The highest BCUT2D eigenvalue weighted by atomic mass is 32.2. The highest BCUT2D eigenvalue weighted by molar-refractivity contribution is 7.97. The summed E-state index contributed by atoms with van der Waals surface area (Å²) < 4.78 is 1.81. The molecule has 0 bridgehead atoms. The van der Waals surface area contributed by atoms with Crippen LogP contribution in [0.4, 0.5) is 5.69 Å². The average molecular weight is 330 g/mol. The number of rotatable bonds is 5. The Morgan fingerprint density at radius 2 is 2.09 bits per heavy atom. The van der Waals surface area contributed by atoms with Crippen LogP contribution >= 0.6 is 11.8 Å². The predicted octanol–water partition coefficient (Wildman–Crippen LogP) is 2.46. The number of aromatic nitrogens is 2. The quantitative estimate of drug-likeness (QED) is 0.884. The van der Waals surface area contributed by atoms with E-state index >= 15 is 0 Å². The fourth-order valence-electron chi connectivity index (χ4n) is 3.02. The van der Waals surface area contributed by atoms with Crippen molar-refractivity contribution in [2.75, 3.05) is 24.7 Å². The normalized spacial score (nSPS) is 16.9. The van der Waals surface area contributed by atoms with Crippen LogP contribution < -0.4 is 10.6 Å². The third-order valence-electron chi connectivity index (χ3n) is 4.32. The molecule has 3 rings (SSSR count). The number of hydrogen-bond donors (Lipinski definition) is 2. The summed E-state index contributed by atoms with van der Waals surface area (Å²) in [5, 5.41) is 10.7. The van der Waals surface area contributed by atoms with E-state index in [2.05, 4.69) is 34.1 Å². The van der Waals surface area contributed by atoms with Crippen molar-refractivity contribution in [3.05, 3.63) is 48.3 Å². The molecule has 0 spiro atoms. The van der Waals surface area contributed by atoms with Gasteiger partial charge < -0.3 is 10.6 Å². The number of benzene rings is 1. The summed E-state index contributed by atoms with van der Waals surface area (Å²) in [6, 6.07) is 9.95. The van der Waals surface area contributed by atoms with Crippen LogP contribution in [0.15, 0.2) is 42.7 Å². The molecule has 0 unspecified atom stereocenters. The molecule has 6 heteroatoms. The molecule has 23 heavy (non-hydrogen) atoms. The van der Waals surface area contributed by atoms with Gasteiger partial charge in [-0.05, 0) is 55.9 Å². The van der Waals surface area contributed by atoms with Gasteiger partial charge >= 0.3 is 0 Å². The summed E-state index contributed by atoms with van der Waals surface area (Å²) in [6.45, 7) is 1.64. The predicted molar refractivity (Wildman–Crippen MR) is 94.6 cm³/mol. The third kappa shape index (κ3) is 3.43. The van der Waals surface area contributed by atoms with Gasteiger partial charge in [-0.25, -0.2) is 0 Å². The van der Waals surface area contributed by atoms with E-state index in [1.165, 1.54) is 5.56 Å². The number of nitrogens with zero attached hydrogens (tertiary/aromatic N) is 2. The maximum absolute atomic E-state index is 13.0. The van der Waals surface area contributed by atoms with E-state index in [-0.39, 0.29) is 5.91 Å². The molecule has 2 N–H and O–H groups in total. The smallest absolute Gasteiger partial charge is 0.252 e. The SMILES string of the molecule is CSCc1ccc(NC(=O)C2(n3cccn3)CCNCC2)cc1. The lowest BCUT2D eigenvalue weighted by Crippen LogP contribution is -2.52. The van der Waals surface area contributed by atoms with Gasteiger partial charge in [0.15, 0.2) is 0 Å². The number of thioether (sulfide) groups is 1. The van der Waals surface area contributed by atoms with E-state index in [4.69, 9.17) is 0 Å². The van der Waals surface area contributed by atoms with Crippen molar-refractivity contribution >= 4 is 23.4 Å². The molecule has 1 fully saturated rings. The monoisotopic (exact) mass is 330 g/mol. The molecule has 2 heterocycles. The lowest BCUT2D eigenvalue weighted by Gasteiger charge is -2.36. The van der Waals surface area contributed by atoms with E-state index in [0.717, 1.165) is 37.4 Å². The molecule has 122 valence electrons. The van der Waals surface area contributed by atoms with Crippen LogP contribution in [-0.2, 0) is 16.1 Å². The summed E-state index contributed by atoms with van der Waals surface area (Å²) in [5.41, 5.74) is 1.50. The van der Waals surface area contributed by atoms with Crippen molar-refractivity contribution in [2.24, 2.45) is 0 Å². The van der Waals surface area contributed by atoms with Crippen molar-refractivity contribution in [1.82, 2.24) is 15.1 Å². The Morgan fingerprint density at radius 3 is 2.70 bits per heavy atom. The van der Waals surface area contributed by atoms with Gasteiger partial charge in [0.05, 0.1) is 0 Å². The zero-order valence-corrected chi connectivity index (χ0v) is 14.1. The van der Waals surface area contributed by atoms with Gasteiger partial charge in [0.1, 0.15) is 5.54 Å². The molecule has 0 aliphatic carbocycles. The molecule has 0 atom stereocenters. The van der Waals surface area contributed by atoms with Crippen molar-refractivity contribution in [3.63, 3.8) is 0 Å². The van der Waals surface area contributed by atoms with Crippen LogP contribution in [0.1, 0.15) is 18.4 Å². The first-order valence-electron chi connectivity index (χ1n) is 7.85. The fourth-order valence-corrected chi connectivity index (χ4v) is 3.55. The Balaban J connectivity index is 1.79. The van der Waals surface area contributed by atoms with E-state index in [1.54, 1.807) is 18.0 Å². The maximum atomic E-state index is 13.0. The molecule has 2 aromatic rings. The Kier molecular flexibility index (Phi) is 5.03. The fraction of sp³-hybridized carbons (Fsp3) is 0.412. The largest absolute Gasteiger partial charge is 0.324 e. The molecule has 1 saturated heterocycles. The number of carbonyl (C=O) groups is 1. The van der Waals surface area contributed by atoms with Crippen molar-refractivity contribution in [2.45, 2.75) is 24.1 Å². The lowest BCUT2D eigenvalue weighted by molar-refractivity contribution is -0.126. The molecular weight excluding hydrogens is 308 g/mol. The second-order valence-electron chi connectivity index (χ2n) is 5.82. The second-order valence-corrected chi connectivity index (χ2v) is 6.68. The number of piperidine rings is 1. The Bertz CT molecular complexity index is 633. The highest BCUT2D eigenvalue weighted by Gasteiger charge is 2.41. The second kappa shape index (κ2) is 7.19. The molecular formula is C17H22N4OS. The first-order valence-corrected chi connectivity index (χ1v) is 9.24. The minimum atomic E-state index is -0.604. The molecule has 5 nitrogen and oxygen atoms in total. The van der Waals surface area contributed by atoms with Gasteiger partial charge in [0, 0.05) is 23.8 Å². The average Bonchev–Trinajstić information content (AvgIpc) is 3.12. The number of nitrogens with one attached hydrogen (secondary N) is 2. The summed E-state index contributed by atoms with van der Waals surface area (Å²) in [7, 11) is 0. The highest BCUT2D eigenvalue weighted by Crippen LogP contribution is 2.28. The first-order chi connectivity index (χ1) is 11.2. The molecule has 1 amide bonds. The third-order valence-corrected chi connectivity index (χ3v) is 4.94. The Labute approximate surface area is 140 Å². The molecule has 0 saturated carbocycles. The lowest BCUT2D eigenvalue weighted by atomic mass is 9.87.